The van der Waals surface area contributed by atoms with Crippen molar-refractivity contribution in [2.45, 2.75) is 51.9 Å². The zero-order valence-electron chi connectivity index (χ0n) is 11.1. The molecule has 4 heteroatoms. The Hall–Kier alpha value is -0.160. The number of rotatable bonds is 0. The minimum absolute atomic E-state index is 0.652. The lowest BCUT2D eigenvalue weighted by Gasteiger charge is -2.26. The summed E-state index contributed by atoms with van der Waals surface area (Å²) in [5.74, 6) is 0. The maximum atomic E-state index is 3.42. The molecular formula is C12H28N4. The van der Waals surface area contributed by atoms with Crippen molar-refractivity contribution in [3.63, 3.8) is 0 Å². The number of hydrogen-bond donors (Lipinski definition) is 4. The van der Waals surface area contributed by atoms with Crippen LogP contribution in [0.5, 0.6) is 0 Å². The Morgan fingerprint density at radius 3 is 0.938 bits per heavy atom. The second-order valence-electron chi connectivity index (χ2n) is 5.25. The minimum Gasteiger partial charge on any atom is -0.314 e. The number of hydrogen-bond acceptors (Lipinski definition) is 4. The quantitative estimate of drug-likeness (QED) is 0.468. The van der Waals surface area contributed by atoms with E-state index in [1.54, 1.807) is 0 Å². The molecular weight excluding hydrogens is 200 g/mol. The molecule has 16 heavy (non-hydrogen) atoms. The van der Waals surface area contributed by atoms with Crippen molar-refractivity contribution in [3.05, 3.63) is 0 Å². The molecule has 2 aliphatic heterocycles. The van der Waals surface area contributed by atoms with Crippen LogP contribution in [0.1, 0.15) is 27.7 Å². The standard InChI is InChI=1S/2C6H14N2/c2*1-5-3-7-4-6(2)8-5/h2*5-8H,3-4H2,1-2H3/t2*5-,6+. The van der Waals surface area contributed by atoms with E-state index in [9.17, 15) is 0 Å². The molecule has 0 spiro atoms. The summed E-state index contributed by atoms with van der Waals surface area (Å²) in [6.45, 7) is 13.2. The molecule has 96 valence electrons. The summed E-state index contributed by atoms with van der Waals surface area (Å²) in [5.41, 5.74) is 0. The Labute approximate surface area is 99.9 Å². The van der Waals surface area contributed by atoms with Crippen LogP contribution < -0.4 is 21.3 Å². The van der Waals surface area contributed by atoms with Crippen molar-refractivity contribution in [2.24, 2.45) is 0 Å². The van der Waals surface area contributed by atoms with E-state index >= 15 is 0 Å². The summed E-state index contributed by atoms with van der Waals surface area (Å²) in [5, 5.41) is 13.5. The molecule has 0 amide bonds. The third kappa shape index (κ3) is 5.80. The summed E-state index contributed by atoms with van der Waals surface area (Å²) >= 11 is 0. The van der Waals surface area contributed by atoms with Crippen LogP contribution in [0.3, 0.4) is 0 Å². The van der Waals surface area contributed by atoms with Crippen LogP contribution in [0.2, 0.25) is 0 Å². The Kier molecular flexibility index (Phi) is 6.28. The fourth-order valence-corrected chi connectivity index (χ4v) is 2.24. The molecule has 4 N–H and O–H groups in total. The van der Waals surface area contributed by atoms with Gasteiger partial charge in [0, 0.05) is 50.3 Å². The Bertz CT molecular complexity index is 150. The van der Waals surface area contributed by atoms with Gasteiger partial charge < -0.3 is 21.3 Å². The van der Waals surface area contributed by atoms with Gasteiger partial charge in [-0.1, -0.05) is 0 Å². The molecule has 4 nitrogen and oxygen atoms in total. The summed E-state index contributed by atoms with van der Waals surface area (Å²) in [4.78, 5) is 0. The van der Waals surface area contributed by atoms with Crippen LogP contribution in [0.15, 0.2) is 0 Å². The Morgan fingerprint density at radius 2 is 0.812 bits per heavy atom. The Morgan fingerprint density at radius 1 is 0.562 bits per heavy atom. The van der Waals surface area contributed by atoms with Crippen molar-refractivity contribution in [2.75, 3.05) is 26.2 Å². The van der Waals surface area contributed by atoms with E-state index < -0.39 is 0 Å². The molecule has 0 aromatic rings. The van der Waals surface area contributed by atoms with E-state index in [0.29, 0.717) is 24.2 Å². The Balaban J connectivity index is 0.000000160. The highest BCUT2D eigenvalue weighted by molar-refractivity contribution is 4.77. The summed E-state index contributed by atoms with van der Waals surface area (Å²) in [6.07, 6.45) is 0. The first-order valence-electron chi connectivity index (χ1n) is 6.51. The third-order valence-electron chi connectivity index (χ3n) is 2.94. The average molecular weight is 228 g/mol. The highest BCUT2D eigenvalue weighted by atomic mass is 15.1. The predicted octanol–water partition coefficient (Wildman–Crippen LogP) is -0.0876. The van der Waals surface area contributed by atoms with Crippen molar-refractivity contribution in [3.8, 4) is 0 Å². The molecule has 0 aromatic carbocycles. The van der Waals surface area contributed by atoms with Crippen LogP contribution in [-0.2, 0) is 0 Å². The van der Waals surface area contributed by atoms with Crippen molar-refractivity contribution in [1.29, 1.82) is 0 Å². The van der Waals surface area contributed by atoms with Crippen LogP contribution in [-0.4, -0.2) is 50.3 Å². The highest BCUT2D eigenvalue weighted by Gasteiger charge is 2.11. The van der Waals surface area contributed by atoms with Gasteiger partial charge in [-0.05, 0) is 27.7 Å². The van der Waals surface area contributed by atoms with E-state index in [1.165, 1.54) is 0 Å². The van der Waals surface area contributed by atoms with Crippen molar-refractivity contribution < 1.29 is 0 Å². The molecule has 2 saturated heterocycles. The maximum absolute atomic E-state index is 3.42. The largest absolute Gasteiger partial charge is 0.314 e. The van der Waals surface area contributed by atoms with Gasteiger partial charge in [0.25, 0.3) is 0 Å². The smallest absolute Gasteiger partial charge is 0.0167 e. The SMILES string of the molecule is C[C@@H]1CNC[C@H](C)N1.C[C@@H]1CNC[C@H](C)N1. The van der Waals surface area contributed by atoms with Crippen molar-refractivity contribution in [1.82, 2.24) is 21.3 Å². The third-order valence-corrected chi connectivity index (χ3v) is 2.94. The number of nitrogens with one attached hydrogen (secondary N) is 4. The topological polar surface area (TPSA) is 48.1 Å². The first kappa shape index (κ1) is 13.9. The normalized spacial score (nSPS) is 39.8. The highest BCUT2D eigenvalue weighted by Crippen LogP contribution is 1.90. The second-order valence-corrected chi connectivity index (χ2v) is 5.25. The van der Waals surface area contributed by atoms with Gasteiger partial charge in [0.15, 0.2) is 0 Å². The minimum atomic E-state index is 0.652. The first-order chi connectivity index (χ1) is 7.58. The van der Waals surface area contributed by atoms with E-state index in [-0.39, 0.29) is 0 Å². The zero-order valence-corrected chi connectivity index (χ0v) is 11.1. The van der Waals surface area contributed by atoms with E-state index in [1.807, 2.05) is 0 Å². The van der Waals surface area contributed by atoms with E-state index in [2.05, 4.69) is 49.0 Å². The zero-order chi connectivity index (χ0) is 12.0. The second kappa shape index (κ2) is 7.22. The van der Waals surface area contributed by atoms with Crippen molar-refractivity contribution >= 4 is 0 Å². The van der Waals surface area contributed by atoms with Crippen LogP contribution >= 0.6 is 0 Å². The fraction of sp³-hybridized carbons (Fsp3) is 1.00. The maximum Gasteiger partial charge on any atom is 0.0167 e. The first-order valence-corrected chi connectivity index (χ1v) is 6.51. The van der Waals surface area contributed by atoms with Gasteiger partial charge in [-0.3, -0.25) is 0 Å². The molecule has 0 bridgehead atoms. The molecule has 0 saturated carbocycles. The lowest BCUT2D eigenvalue weighted by atomic mass is 10.2. The molecule has 0 radical (unpaired) electrons. The molecule has 0 aromatic heterocycles. The lowest BCUT2D eigenvalue weighted by Crippen LogP contribution is -2.52. The van der Waals surface area contributed by atoms with Gasteiger partial charge >= 0.3 is 0 Å². The molecule has 2 heterocycles. The molecule has 4 atom stereocenters. The molecule has 2 rings (SSSR count). The van der Waals surface area contributed by atoms with Crippen LogP contribution in [0.25, 0.3) is 0 Å². The summed E-state index contributed by atoms with van der Waals surface area (Å²) in [7, 11) is 0. The lowest BCUT2D eigenvalue weighted by molar-refractivity contribution is 0.370. The van der Waals surface area contributed by atoms with Gasteiger partial charge in [0.1, 0.15) is 0 Å². The molecule has 0 aliphatic carbocycles. The predicted molar refractivity (Wildman–Crippen MR) is 69.9 cm³/mol. The van der Waals surface area contributed by atoms with Gasteiger partial charge in [-0.2, -0.15) is 0 Å². The monoisotopic (exact) mass is 228 g/mol. The van der Waals surface area contributed by atoms with Gasteiger partial charge in [-0.25, -0.2) is 0 Å². The average Bonchev–Trinajstić information content (AvgIpc) is 2.17. The van der Waals surface area contributed by atoms with Gasteiger partial charge in [0.05, 0.1) is 0 Å². The van der Waals surface area contributed by atoms with Gasteiger partial charge in [0.2, 0.25) is 0 Å². The van der Waals surface area contributed by atoms with E-state index in [4.69, 9.17) is 0 Å². The van der Waals surface area contributed by atoms with Crippen LogP contribution in [0, 0.1) is 0 Å². The molecule has 0 unspecified atom stereocenters. The molecule has 2 fully saturated rings. The summed E-state index contributed by atoms with van der Waals surface area (Å²) in [6, 6.07) is 2.61. The fourth-order valence-electron chi connectivity index (χ4n) is 2.24. The van der Waals surface area contributed by atoms with Gasteiger partial charge in [-0.15, -0.1) is 0 Å². The summed E-state index contributed by atoms with van der Waals surface area (Å²) < 4.78 is 0. The van der Waals surface area contributed by atoms with E-state index in [0.717, 1.165) is 26.2 Å². The van der Waals surface area contributed by atoms with Crippen LogP contribution in [0.4, 0.5) is 0 Å². The number of piperazine rings is 2. The molecule has 2 aliphatic rings.